The first-order valence-corrected chi connectivity index (χ1v) is 9.68. The van der Waals surface area contributed by atoms with E-state index < -0.39 is 5.97 Å². The molecule has 10 heteroatoms. The highest BCUT2D eigenvalue weighted by Crippen LogP contribution is 2.32. The normalized spacial score (nSPS) is 11.0. The van der Waals surface area contributed by atoms with Crippen LogP contribution in [0.15, 0.2) is 47.6 Å². The number of H-pyrrole nitrogens is 2. The smallest absolute Gasteiger partial charge is 0.313 e. The Kier molecular flexibility index (Phi) is 5.10. The molecule has 148 valence electrons. The van der Waals surface area contributed by atoms with Crippen molar-refractivity contribution in [3.63, 3.8) is 0 Å². The summed E-state index contributed by atoms with van der Waals surface area (Å²) in [5.74, 6) is 0.358. The summed E-state index contributed by atoms with van der Waals surface area (Å²) in [4.78, 5) is 18.3. The Morgan fingerprint density at radius 1 is 1.14 bits per heavy atom. The number of rotatable bonds is 7. The minimum Gasteiger partial charge on any atom is -0.481 e. The van der Waals surface area contributed by atoms with Gasteiger partial charge >= 0.3 is 5.97 Å². The third-order valence-corrected chi connectivity index (χ3v) is 5.18. The molecule has 0 aliphatic heterocycles. The number of benzene rings is 2. The van der Waals surface area contributed by atoms with E-state index in [1.165, 1.54) is 0 Å². The van der Waals surface area contributed by atoms with E-state index >= 15 is 0 Å². The second-order valence-corrected chi connectivity index (χ2v) is 7.24. The Hall–Kier alpha value is -3.50. The summed E-state index contributed by atoms with van der Waals surface area (Å²) in [5, 5.41) is 29.6. The number of aliphatic carboxylic acids is 1. The molecule has 2 aromatic carbocycles. The van der Waals surface area contributed by atoms with Gasteiger partial charge in [-0.3, -0.25) is 20.6 Å². The number of thioether (sulfide) groups is 1. The number of hydrogen-bond acceptors (Lipinski definition) is 7. The zero-order valence-electron chi connectivity index (χ0n) is 15.4. The van der Waals surface area contributed by atoms with Gasteiger partial charge in [0.15, 0.2) is 5.82 Å². The van der Waals surface area contributed by atoms with Gasteiger partial charge in [0.05, 0.1) is 11.4 Å². The standard InChI is InChI=1S/C19H18N6O3S/c1-20-16-8-12-4-10(2-3-15(12)21-16)11-5-13(7-14(6-11)25-28)18-22-19(24-23-18)29-9-17(26)27/h2-8,20-21,25,28H,9H2,1H3,(H,26,27)(H,22,23,24). The summed E-state index contributed by atoms with van der Waals surface area (Å²) in [6, 6.07) is 13.6. The molecule has 2 aromatic heterocycles. The summed E-state index contributed by atoms with van der Waals surface area (Å²) < 4.78 is 0. The van der Waals surface area contributed by atoms with Gasteiger partial charge in [-0.25, -0.2) is 4.98 Å². The van der Waals surface area contributed by atoms with E-state index in [1.807, 2.05) is 37.4 Å². The number of anilines is 2. The summed E-state index contributed by atoms with van der Waals surface area (Å²) in [5.41, 5.74) is 6.26. The molecule has 4 rings (SSSR count). The predicted molar refractivity (Wildman–Crippen MR) is 112 cm³/mol. The number of fused-ring (bicyclic) bond motifs is 1. The fourth-order valence-corrected chi connectivity index (χ4v) is 3.53. The highest BCUT2D eigenvalue weighted by Gasteiger charge is 2.12. The second kappa shape index (κ2) is 7.86. The van der Waals surface area contributed by atoms with E-state index in [1.54, 1.807) is 6.07 Å². The zero-order valence-corrected chi connectivity index (χ0v) is 16.2. The van der Waals surface area contributed by atoms with Crippen molar-refractivity contribution in [2.24, 2.45) is 0 Å². The van der Waals surface area contributed by atoms with Gasteiger partial charge < -0.3 is 15.4 Å². The Morgan fingerprint density at radius 3 is 2.72 bits per heavy atom. The molecule has 2 heterocycles. The molecule has 29 heavy (non-hydrogen) atoms. The van der Waals surface area contributed by atoms with Gasteiger partial charge in [-0.2, -0.15) is 0 Å². The molecule has 0 unspecified atom stereocenters. The molecule has 4 aromatic rings. The molecule has 0 atom stereocenters. The highest BCUT2D eigenvalue weighted by atomic mass is 32.2. The molecule has 0 radical (unpaired) electrons. The molecular weight excluding hydrogens is 392 g/mol. The summed E-state index contributed by atoms with van der Waals surface area (Å²) in [7, 11) is 1.86. The van der Waals surface area contributed by atoms with Gasteiger partial charge in [-0.15, -0.1) is 5.10 Å². The first-order valence-electron chi connectivity index (χ1n) is 8.69. The van der Waals surface area contributed by atoms with E-state index in [0.717, 1.165) is 39.6 Å². The molecule has 0 saturated heterocycles. The Balaban J connectivity index is 1.71. The van der Waals surface area contributed by atoms with E-state index in [4.69, 9.17) is 5.11 Å². The molecule has 0 fully saturated rings. The van der Waals surface area contributed by atoms with E-state index in [9.17, 15) is 10.0 Å². The summed E-state index contributed by atoms with van der Waals surface area (Å²) in [6.07, 6.45) is 0. The Bertz CT molecular complexity index is 1190. The number of aromatic nitrogens is 4. The van der Waals surface area contributed by atoms with Crippen LogP contribution < -0.4 is 10.8 Å². The number of nitrogens with zero attached hydrogens (tertiary/aromatic N) is 2. The van der Waals surface area contributed by atoms with Crippen molar-refractivity contribution in [1.82, 2.24) is 20.2 Å². The third kappa shape index (κ3) is 4.03. The van der Waals surface area contributed by atoms with Crippen LogP contribution in [-0.4, -0.2) is 49.2 Å². The first-order chi connectivity index (χ1) is 14.1. The average molecular weight is 410 g/mol. The number of carbonyl (C=O) groups is 1. The van der Waals surface area contributed by atoms with E-state index in [2.05, 4.69) is 37.0 Å². The zero-order chi connectivity index (χ0) is 20.4. The summed E-state index contributed by atoms with van der Waals surface area (Å²) >= 11 is 1.03. The van der Waals surface area contributed by atoms with Crippen LogP contribution in [0.2, 0.25) is 0 Å². The fourth-order valence-electron chi connectivity index (χ4n) is 3.01. The van der Waals surface area contributed by atoms with Crippen LogP contribution in [0.25, 0.3) is 33.4 Å². The SMILES string of the molecule is CNc1cc2cc(-c3cc(NO)cc(-c4nc(SCC(=O)O)n[nH]4)c3)ccc2[nH]1. The van der Waals surface area contributed by atoms with Crippen molar-refractivity contribution in [3.8, 4) is 22.5 Å². The average Bonchev–Trinajstić information content (AvgIpc) is 3.38. The Labute approximate surface area is 169 Å². The van der Waals surface area contributed by atoms with Crippen LogP contribution in [0.5, 0.6) is 0 Å². The van der Waals surface area contributed by atoms with Gasteiger partial charge in [-0.05, 0) is 47.5 Å². The molecule has 0 amide bonds. The first kappa shape index (κ1) is 18.8. The Morgan fingerprint density at radius 2 is 1.97 bits per heavy atom. The number of carboxylic acids is 1. The molecule has 0 aliphatic rings. The van der Waals surface area contributed by atoms with Crippen molar-refractivity contribution >= 4 is 40.1 Å². The van der Waals surface area contributed by atoms with E-state index in [-0.39, 0.29) is 5.75 Å². The highest BCUT2D eigenvalue weighted by molar-refractivity contribution is 7.99. The lowest BCUT2D eigenvalue weighted by molar-refractivity contribution is -0.133. The van der Waals surface area contributed by atoms with Crippen LogP contribution in [0.4, 0.5) is 11.5 Å². The monoisotopic (exact) mass is 410 g/mol. The fraction of sp³-hybridized carbons (Fsp3) is 0.105. The molecule has 0 spiro atoms. The van der Waals surface area contributed by atoms with Gasteiger partial charge in [0.25, 0.3) is 0 Å². The van der Waals surface area contributed by atoms with Crippen molar-refractivity contribution in [3.05, 3.63) is 42.5 Å². The lowest BCUT2D eigenvalue weighted by Gasteiger charge is -2.08. The van der Waals surface area contributed by atoms with Gasteiger partial charge in [0.1, 0.15) is 5.82 Å². The topological polar surface area (TPSA) is 139 Å². The molecule has 9 nitrogen and oxygen atoms in total. The third-order valence-electron chi connectivity index (χ3n) is 4.35. The van der Waals surface area contributed by atoms with Crippen LogP contribution >= 0.6 is 11.8 Å². The van der Waals surface area contributed by atoms with Gasteiger partial charge in [-0.1, -0.05) is 17.8 Å². The number of hydrogen-bond donors (Lipinski definition) is 6. The molecule has 0 saturated carbocycles. The van der Waals surface area contributed by atoms with Crippen LogP contribution in [0, 0.1) is 0 Å². The maximum atomic E-state index is 10.7. The predicted octanol–water partition coefficient (Wildman–Crippen LogP) is 3.64. The van der Waals surface area contributed by atoms with Crippen LogP contribution in [-0.2, 0) is 4.79 Å². The van der Waals surface area contributed by atoms with Crippen LogP contribution in [0.1, 0.15) is 0 Å². The maximum absolute atomic E-state index is 10.7. The number of carboxylic acid groups (broad SMARTS) is 1. The number of nitrogens with one attached hydrogen (secondary N) is 4. The minimum atomic E-state index is -0.934. The van der Waals surface area contributed by atoms with Crippen molar-refractivity contribution in [1.29, 1.82) is 0 Å². The lowest BCUT2D eigenvalue weighted by Crippen LogP contribution is -1.97. The quantitative estimate of drug-likeness (QED) is 0.200. The molecule has 0 bridgehead atoms. The minimum absolute atomic E-state index is 0.119. The van der Waals surface area contributed by atoms with Crippen molar-refractivity contribution in [2.45, 2.75) is 5.16 Å². The van der Waals surface area contributed by atoms with Gasteiger partial charge in [0, 0.05) is 23.5 Å². The number of aromatic amines is 2. The second-order valence-electron chi connectivity index (χ2n) is 6.29. The van der Waals surface area contributed by atoms with Crippen molar-refractivity contribution in [2.75, 3.05) is 23.6 Å². The molecule has 6 N–H and O–H groups in total. The summed E-state index contributed by atoms with van der Waals surface area (Å²) in [6.45, 7) is 0. The maximum Gasteiger partial charge on any atom is 0.313 e. The van der Waals surface area contributed by atoms with E-state index in [0.29, 0.717) is 22.2 Å². The largest absolute Gasteiger partial charge is 0.481 e. The molecular formula is C19H18N6O3S. The lowest BCUT2D eigenvalue weighted by atomic mass is 10.0. The van der Waals surface area contributed by atoms with Crippen molar-refractivity contribution < 1.29 is 15.1 Å². The van der Waals surface area contributed by atoms with Gasteiger partial charge in [0.2, 0.25) is 5.16 Å². The van der Waals surface area contributed by atoms with Crippen LogP contribution in [0.3, 0.4) is 0 Å². The molecule has 0 aliphatic carbocycles.